The molecule has 3 unspecified atom stereocenters. The van der Waals surface area contributed by atoms with Gasteiger partial charge in [0.2, 0.25) is 0 Å². The summed E-state index contributed by atoms with van der Waals surface area (Å²) in [7, 11) is 0. The van der Waals surface area contributed by atoms with E-state index < -0.39 is 0 Å². The number of rotatable bonds is 2. The van der Waals surface area contributed by atoms with Crippen LogP contribution in [0, 0.1) is 29.6 Å². The van der Waals surface area contributed by atoms with Gasteiger partial charge in [-0.15, -0.1) is 0 Å². The summed E-state index contributed by atoms with van der Waals surface area (Å²) in [6.45, 7) is 9.14. The van der Waals surface area contributed by atoms with Gasteiger partial charge in [-0.1, -0.05) is 34.1 Å². The lowest BCUT2D eigenvalue weighted by atomic mass is 9.66. The van der Waals surface area contributed by atoms with Crippen LogP contribution in [-0.4, -0.2) is 12.1 Å². The lowest BCUT2D eigenvalue weighted by Gasteiger charge is -2.40. The highest BCUT2D eigenvalue weighted by Crippen LogP contribution is 2.44. The van der Waals surface area contributed by atoms with Crippen LogP contribution in [0.2, 0.25) is 0 Å². The van der Waals surface area contributed by atoms with E-state index in [1.807, 2.05) is 0 Å². The van der Waals surface area contributed by atoms with Crippen molar-refractivity contribution < 1.29 is 9.53 Å². The van der Waals surface area contributed by atoms with Crippen LogP contribution in [0.25, 0.3) is 0 Å². The molecule has 0 amide bonds. The molecule has 1 saturated heterocycles. The Labute approximate surface area is 105 Å². The predicted octanol–water partition coefficient (Wildman–Crippen LogP) is 3.65. The molecule has 0 N–H and O–H groups in total. The Kier molecular flexibility index (Phi) is 3.79. The van der Waals surface area contributed by atoms with Crippen LogP contribution in [0.5, 0.6) is 0 Å². The summed E-state index contributed by atoms with van der Waals surface area (Å²) in [4.78, 5) is 11.4. The molecule has 0 aromatic rings. The molecular formula is C15H26O2. The predicted molar refractivity (Wildman–Crippen MR) is 68.5 cm³/mol. The van der Waals surface area contributed by atoms with Gasteiger partial charge in [-0.05, 0) is 36.5 Å². The highest BCUT2D eigenvalue weighted by Gasteiger charge is 2.43. The Bertz CT molecular complexity index is 285. The number of esters is 1. The second-order valence-corrected chi connectivity index (χ2v) is 6.63. The van der Waals surface area contributed by atoms with Crippen molar-refractivity contribution in [3.05, 3.63) is 0 Å². The molecule has 0 radical (unpaired) electrons. The van der Waals surface area contributed by atoms with Crippen LogP contribution in [0.1, 0.15) is 53.4 Å². The molecule has 1 aliphatic heterocycles. The maximum atomic E-state index is 11.4. The largest absolute Gasteiger partial charge is 0.462 e. The second-order valence-electron chi connectivity index (χ2n) is 6.63. The monoisotopic (exact) mass is 238 g/mol. The first-order chi connectivity index (χ1) is 7.99. The lowest BCUT2D eigenvalue weighted by Crippen LogP contribution is -2.38. The number of cyclic esters (lactones) is 1. The van der Waals surface area contributed by atoms with Gasteiger partial charge in [0.05, 0.1) is 6.42 Å². The minimum Gasteiger partial charge on any atom is -0.462 e. The van der Waals surface area contributed by atoms with E-state index in [0.717, 1.165) is 11.8 Å². The van der Waals surface area contributed by atoms with Crippen molar-refractivity contribution in [2.24, 2.45) is 29.6 Å². The molecule has 5 atom stereocenters. The van der Waals surface area contributed by atoms with Crippen LogP contribution in [-0.2, 0) is 9.53 Å². The molecule has 17 heavy (non-hydrogen) atoms. The summed E-state index contributed by atoms with van der Waals surface area (Å²) in [6, 6.07) is 0. The van der Waals surface area contributed by atoms with Crippen LogP contribution >= 0.6 is 0 Å². The molecule has 0 aromatic carbocycles. The molecule has 0 bridgehead atoms. The van der Waals surface area contributed by atoms with Gasteiger partial charge in [0.25, 0.3) is 0 Å². The zero-order valence-corrected chi connectivity index (χ0v) is 11.6. The van der Waals surface area contributed by atoms with Crippen LogP contribution in [0.4, 0.5) is 0 Å². The molecule has 0 spiro atoms. The smallest absolute Gasteiger partial charge is 0.306 e. The van der Waals surface area contributed by atoms with E-state index in [9.17, 15) is 4.79 Å². The van der Waals surface area contributed by atoms with Crippen molar-refractivity contribution in [1.29, 1.82) is 0 Å². The SMILES string of the molecule is CC1CCC(C(C)C)C([C@H]2OC(=O)C[C@H]2C)C1. The van der Waals surface area contributed by atoms with Crippen LogP contribution < -0.4 is 0 Å². The third-order valence-electron chi connectivity index (χ3n) is 4.81. The molecule has 2 fully saturated rings. The maximum absolute atomic E-state index is 11.4. The highest BCUT2D eigenvalue weighted by atomic mass is 16.6. The van der Waals surface area contributed by atoms with E-state index in [4.69, 9.17) is 4.74 Å². The zero-order chi connectivity index (χ0) is 12.6. The summed E-state index contributed by atoms with van der Waals surface area (Å²) in [5.74, 6) is 3.27. The normalized spacial score (nSPS) is 42.9. The third-order valence-corrected chi connectivity index (χ3v) is 4.81. The Morgan fingerprint density at radius 3 is 2.47 bits per heavy atom. The van der Waals surface area contributed by atoms with Crippen LogP contribution in [0.3, 0.4) is 0 Å². The maximum Gasteiger partial charge on any atom is 0.306 e. The molecule has 1 saturated carbocycles. The fraction of sp³-hybridized carbons (Fsp3) is 0.933. The summed E-state index contributed by atoms with van der Waals surface area (Å²) < 4.78 is 5.60. The first-order valence-corrected chi connectivity index (χ1v) is 7.18. The van der Waals surface area contributed by atoms with Gasteiger partial charge < -0.3 is 4.74 Å². The number of carbonyl (C=O) groups excluding carboxylic acids is 1. The van der Waals surface area contributed by atoms with Crippen LogP contribution in [0.15, 0.2) is 0 Å². The van der Waals surface area contributed by atoms with Crippen molar-refractivity contribution >= 4 is 5.97 Å². The average Bonchev–Trinajstić information content (AvgIpc) is 2.57. The molecular weight excluding hydrogens is 212 g/mol. The molecule has 2 rings (SSSR count). The molecule has 1 aliphatic carbocycles. The summed E-state index contributed by atoms with van der Waals surface area (Å²) >= 11 is 0. The van der Waals surface area contributed by atoms with E-state index in [2.05, 4.69) is 27.7 Å². The zero-order valence-electron chi connectivity index (χ0n) is 11.6. The molecule has 2 nitrogen and oxygen atoms in total. The van der Waals surface area contributed by atoms with Gasteiger partial charge in [0.1, 0.15) is 6.10 Å². The first-order valence-electron chi connectivity index (χ1n) is 7.18. The van der Waals surface area contributed by atoms with E-state index in [1.165, 1.54) is 19.3 Å². The fourth-order valence-corrected chi connectivity index (χ4v) is 3.86. The van der Waals surface area contributed by atoms with Crippen molar-refractivity contribution in [2.75, 3.05) is 0 Å². The number of ether oxygens (including phenoxy) is 1. The summed E-state index contributed by atoms with van der Waals surface area (Å²) in [5.41, 5.74) is 0. The van der Waals surface area contributed by atoms with E-state index in [0.29, 0.717) is 24.2 Å². The summed E-state index contributed by atoms with van der Waals surface area (Å²) in [5, 5.41) is 0. The highest BCUT2D eigenvalue weighted by molar-refractivity contribution is 5.72. The quantitative estimate of drug-likeness (QED) is 0.686. The second kappa shape index (κ2) is 4.99. The number of carbonyl (C=O) groups is 1. The van der Waals surface area contributed by atoms with Gasteiger partial charge in [-0.3, -0.25) is 4.79 Å². The molecule has 1 heterocycles. The lowest BCUT2D eigenvalue weighted by molar-refractivity contribution is -0.145. The number of hydrogen-bond donors (Lipinski definition) is 0. The van der Waals surface area contributed by atoms with E-state index in [1.54, 1.807) is 0 Å². The third kappa shape index (κ3) is 2.66. The van der Waals surface area contributed by atoms with Gasteiger partial charge in [-0.2, -0.15) is 0 Å². The molecule has 2 heteroatoms. The van der Waals surface area contributed by atoms with E-state index in [-0.39, 0.29) is 12.1 Å². The van der Waals surface area contributed by atoms with Crippen molar-refractivity contribution in [1.82, 2.24) is 0 Å². The van der Waals surface area contributed by atoms with Crippen molar-refractivity contribution in [3.8, 4) is 0 Å². The topological polar surface area (TPSA) is 26.3 Å². The van der Waals surface area contributed by atoms with Gasteiger partial charge in [-0.25, -0.2) is 0 Å². The molecule has 2 aliphatic rings. The Morgan fingerprint density at radius 2 is 1.94 bits per heavy atom. The Hall–Kier alpha value is -0.530. The van der Waals surface area contributed by atoms with Crippen molar-refractivity contribution in [3.63, 3.8) is 0 Å². The number of hydrogen-bond acceptors (Lipinski definition) is 2. The Morgan fingerprint density at radius 1 is 1.24 bits per heavy atom. The summed E-state index contributed by atoms with van der Waals surface area (Å²) in [6.07, 6.45) is 4.71. The van der Waals surface area contributed by atoms with Gasteiger partial charge in [0, 0.05) is 5.92 Å². The molecule has 0 aromatic heterocycles. The van der Waals surface area contributed by atoms with Gasteiger partial charge >= 0.3 is 5.97 Å². The minimum atomic E-state index is 0.0169. The van der Waals surface area contributed by atoms with Gasteiger partial charge in [0.15, 0.2) is 0 Å². The first kappa shape index (κ1) is 12.9. The van der Waals surface area contributed by atoms with E-state index >= 15 is 0 Å². The van der Waals surface area contributed by atoms with Crippen molar-refractivity contribution in [2.45, 2.75) is 59.5 Å². The average molecular weight is 238 g/mol. The molecule has 98 valence electrons. The minimum absolute atomic E-state index is 0.0169. The Balaban J connectivity index is 2.11. The standard InChI is InChI=1S/C15H26O2/c1-9(2)12-6-5-10(3)7-13(12)15-11(4)8-14(16)17-15/h9-13,15H,5-8H2,1-4H3/t10?,11-,12?,13?,15+/m1/s1. The fourth-order valence-electron chi connectivity index (χ4n) is 3.86.